The quantitative estimate of drug-likeness (QED) is 0.476. The van der Waals surface area contributed by atoms with Gasteiger partial charge in [0.2, 0.25) is 0 Å². The Labute approximate surface area is 208 Å². The number of anilines is 2. The molecule has 2 heterocycles. The van der Waals surface area contributed by atoms with Crippen LogP contribution in [-0.2, 0) is 4.79 Å². The molecule has 0 spiro atoms. The lowest BCUT2D eigenvalue weighted by Gasteiger charge is -2.36. The van der Waals surface area contributed by atoms with Crippen LogP contribution in [0.4, 0.5) is 15.8 Å². The van der Waals surface area contributed by atoms with Gasteiger partial charge in [0.15, 0.2) is 0 Å². The number of thioether (sulfide) groups is 1. The largest absolute Gasteiger partial charge is 0.366 e. The molecule has 0 saturated carbocycles. The third-order valence-electron chi connectivity index (χ3n) is 6.40. The molecule has 3 aromatic carbocycles. The minimum atomic E-state index is -0.247. The zero-order chi connectivity index (χ0) is 24.5. The van der Waals surface area contributed by atoms with Crippen LogP contribution in [0.2, 0.25) is 0 Å². The van der Waals surface area contributed by atoms with Gasteiger partial charge in [-0.15, -0.1) is 0 Å². The molecule has 1 saturated heterocycles. The lowest BCUT2D eigenvalue weighted by molar-refractivity contribution is -0.114. The molecule has 0 N–H and O–H groups in total. The molecule has 5 nitrogen and oxygen atoms in total. The lowest BCUT2D eigenvalue weighted by Crippen LogP contribution is -2.49. The van der Waals surface area contributed by atoms with Crippen molar-refractivity contribution in [3.8, 4) is 0 Å². The second-order valence-electron chi connectivity index (χ2n) is 8.80. The highest BCUT2D eigenvalue weighted by molar-refractivity contribution is 8.04. The summed E-state index contributed by atoms with van der Waals surface area (Å²) < 4.78 is 14.1. The van der Waals surface area contributed by atoms with Crippen molar-refractivity contribution in [2.45, 2.75) is 11.8 Å². The van der Waals surface area contributed by atoms with E-state index in [1.54, 1.807) is 35.0 Å². The monoisotopic (exact) mass is 487 g/mol. The summed E-state index contributed by atoms with van der Waals surface area (Å²) in [4.78, 5) is 33.3. The molecule has 0 aliphatic carbocycles. The maximum absolute atomic E-state index is 14.1. The Morgan fingerprint density at radius 3 is 2.46 bits per heavy atom. The van der Waals surface area contributed by atoms with Gasteiger partial charge in [-0.05, 0) is 48.9 Å². The normalized spacial score (nSPS) is 17.1. The molecule has 2 aliphatic rings. The first-order valence-corrected chi connectivity index (χ1v) is 12.4. The van der Waals surface area contributed by atoms with Crippen molar-refractivity contribution in [3.05, 3.63) is 94.1 Å². The van der Waals surface area contributed by atoms with E-state index in [2.05, 4.69) is 0 Å². The number of fused-ring (bicyclic) bond motifs is 1. The number of carbonyl (C=O) groups excluding carboxylic acids is 2. The molecule has 5 rings (SSSR count). The number of rotatable bonds is 3. The number of nitrogens with zero attached hydrogens (tertiary/aromatic N) is 3. The average molecular weight is 488 g/mol. The molecule has 35 heavy (non-hydrogen) atoms. The van der Waals surface area contributed by atoms with Crippen molar-refractivity contribution in [1.29, 1.82) is 0 Å². The summed E-state index contributed by atoms with van der Waals surface area (Å²) in [5.41, 5.74) is 3.98. The van der Waals surface area contributed by atoms with E-state index in [0.29, 0.717) is 42.3 Å². The SMILES string of the molecule is Cc1cccc(/C=C2\Sc3ccc(C(=O)N4CCN(c5ccccc5F)CC4)cc3N(C)C2=O)c1. The van der Waals surface area contributed by atoms with E-state index >= 15 is 0 Å². The van der Waals surface area contributed by atoms with Gasteiger partial charge < -0.3 is 14.7 Å². The van der Waals surface area contributed by atoms with E-state index < -0.39 is 0 Å². The van der Waals surface area contributed by atoms with Crippen molar-refractivity contribution in [1.82, 2.24) is 4.90 Å². The minimum absolute atomic E-state index is 0.0760. The number of carbonyl (C=O) groups is 2. The Hall–Kier alpha value is -3.58. The minimum Gasteiger partial charge on any atom is -0.366 e. The fraction of sp³-hybridized carbons (Fsp3) is 0.214. The molecule has 3 aromatic rings. The maximum atomic E-state index is 14.1. The summed E-state index contributed by atoms with van der Waals surface area (Å²) in [6.45, 7) is 4.18. The molecule has 2 amide bonds. The van der Waals surface area contributed by atoms with Crippen LogP contribution < -0.4 is 9.80 Å². The highest BCUT2D eigenvalue weighted by Crippen LogP contribution is 2.42. The van der Waals surface area contributed by atoms with E-state index in [1.807, 2.05) is 60.4 Å². The fourth-order valence-electron chi connectivity index (χ4n) is 4.48. The number of hydrogen-bond donors (Lipinski definition) is 0. The molecular weight excluding hydrogens is 461 g/mol. The smallest absolute Gasteiger partial charge is 0.264 e. The third-order valence-corrected chi connectivity index (χ3v) is 7.48. The standard InChI is InChI=1S/C28H26FN3O2S/c1-19-6-5-7-20(16-19)17-26-28(34)30(2)24-18-21(10-11-25(24)35-26)27(33)32-14-12-31(13-15-32)23-9-4-3-8-22(23)29/h3-11,16-18H,12-15H2,1-2H3/b26-17-. The van der Waals surface area contributed by atoms with Crippen molar-refractivity contribution in [2.24, 2.45) is 0 Å². The first-order chi connectivity index (χ1) is 16.9. The second kappa shape index (κ2) is 9.58. The van der Waals surface area contributed by atoms with Crippen molar-refractivity contribution < 1.29 is 14.0 Å². The summed E-state index contributed by atoms with van der Waals surface area (Å²) in [7, 11) is 1.74. The number of hydrogen-bond acceptors (Lipinski definition) is 4. The van der Waals surface area contributed by atoms with E-state index in [4.69, 9.17) is 0 Å². The topological polar surface area (TPSA) is 43.9 Å². The Morgan fingerprint density at radius 2 is 1.71 bits per heavy atom. The number of halogens is 1. The molecule has 0 bridgehead atoms. The summed E-state index contributed by atoms with van der Waals surface area (Å²) >= 11 is 1.43. The molecule has 0 aromatic heterocycles. The number of aryl methyl sites for hydroxylation is 1. The van der Waals surface area contributed by atoms with Crippen LogP contribution in [0, 0.1) is 12.7 Å². The summed E-state index contributed by atoms with van der Waals surface area (Å²) in [6, 6.07) is 20.3. The zero-order valence-electron chi connectivity index (χ0n) is 19.7. The Morgan fingerprint density at radius 1 is 0.943 bits per heavy atom. The van der Waals surface area contributed by atoms with Gasteiger partial charge in [-0.3, -0.25) is 9.59 Å². The van der Waals surface area contributed by atoms with Gasteiger partial charge in [0.25, 0.3) is 11.8 Å². The molecule has 2 aliphatic heterocycles. The maximum Gasteiger partial charge on any atom is 0.264 e. The molecule has 7 heteroatoms. The Balaban J connectivity index is 1.32. The van der Waals surface area contributed by atoms with Crippen LogP contribution in [-0.4, -0.2) is 49.9 Å². The van der Waals surface area contributed by atoms with Crippen molar-refractivity contribution in [3.63, 3.8) is 0 Å². The second-order valence-corrected chi connectivity index (χ2v) is 9.89. The molecular formula is C28H26FN3O2S. The van der Waals surface area contributed by atoms with Crippen LogP contribution >= 0.6 is 11.8 Å². The molecule has 0 atom stereocenters. The number of amides is 2. The number of para-hydroxylation sites is 1. The van der Waals surface area contributed by atoms with Crippen molar-refractivity contribution in [2.75, 3.05) is 43.0 Å². The summed E-state index contributed by atoms with van der Waals surface area (Å²) in [6.07, 6.45) is 1.91. The lowest BCUT2D eigenvalue weighted by atomic mass is 10.1. The predicted octanol–water partition coefficient (Wildman–Crippen LogP) is 5.21. The number of benzene rings is 3. The van der Waals surface area contributed by atoms with Crippen LogP contribution in [0.25, 0.3) is 6.08 Å². The van der Waals surface area contributed by atoms with E-state index in [1.165, 1.54) is 17.8 Å². The summed E-state index contributed by atoms with van der Waals surface area (Å²) in [5.74, 6) is -0.414. The van der Waals surface area contributed by atoms with Gasteiger partial charge in [0.1, 0.15) is 5.82 Å². The van der Waals surface area contributed by atoms with Gasteiger partial charge in [-0.1, -0.05) is 53.7 Å². The number of piperazine rings is 1. The first kappa shape index (κ1) is 23.2. The zero-order valence-corrected chi connectivity index (χ0v) is 20.5. The van der Waals surface area contributed by atoms with Gasteiger partial charge in [0, 0.05) is 43.7 Å². The Kier molecular flexibility index (Phi) is 6.34. The number of likely N-dealkylation sites (N-methyl/N-ethyl adjacent to an activating group) is 1. The molecule has 0 unspecified atom stereocenters. The van der Waals surface area contributed by atoms with E-state index in [0.717, 1.165) is 21.7 Å². The van der Waals surface area contributed by atoms with Gasteiger partial charge >= 0.3 is 0 Å². The fourth-order valence-corrected chi connectivity index (χ4v) is 5.57. The molecule has 0 radical (unpaired) electrons. The van der Waals surface area contributed by atoms with Gasteiger partial charge in [0.05, 0.1) is 16.3 Å². The van der Waals surface area contributed by atoms with Gasteiger partial charge in [-0.2, -0.15) is 0 Å². The van der Waals surface area contributed by atoms with Crippen molar-refractivity contribution >= 4 is 41.0 Å². The highest BCUT2D eigenvalue weighted by atomic mass is 32.2. The van der Waals surface area contributed by atoms with E-state index in [-0.39, 0.29) is 17.6 Å². The van der Waals surface area contributed by atoms with Crippen LogP contribution in [0.1, 0.15) is 21.5 Å². The average Bonchev–Trinajstić information content (AvgIpc) is 2.87. The van der Waals surface area contributed by atoms with Gasteiger partial charge in [-0.25, -0.2) is 4.39 Å². The summed E-state index contributed by atoms with van der Waals surface area (Å²) in [5, 5.41) is 0. The first-order valence-electron chi connectivity index (χ1n) is 11.6. The third kappa shape index (κ3) is 4.68. The predicted molar refractivity (Wildman–Crippen MR) is 139 cm³/mol. The van der Waals surface area contributed by atoms with Crippen LogP contribution in [0.15, 0.2) is 76.5 Å². The highest BCUT2D eigenvalue weighted by Gasteiger charge is 2.29. The van der Waals surface area contributed by atoms with Crippen LogP contribution in [0.3, 0.4) is 0 Å². The molecule has 178 valence electrons. The molecule has 1 fully saturated rings. The Bertz CT molecular complexity index is 1330. The van der Waals surface area contributed by atoms with Crippen LogP contribution in [0.5, 0.6) is 0 Å². The van der Waals surface area contributed by atoms with E-state index in [9.17, 15) is 14.0 Å².